The fourth-order valence-electron chi connectivity index (χ4n) is 3.87. The highest BCUT2D eigenvalue weighted by Crippen LogP contribution is 2.34. The summed E-state index contributed by atoms with van der Waals surface area (Å²) >= 11 is 0. The van der Waals surface area contributed by atoms with Crippen LogP contribution in [0.5, 0.6) is 11.5 Å². The molecular formula is C24H22N4O3. The zero-order valence-corrected chi connectivity index (χ0v) is 17.4. The van der Waals surface area contributed by atoms with Gasteiger partial charge in [-0.2, -0.15) is 5.10 Å². The molecule has 0 aliphatic carbocycles. The summed E-state index contributed by atoms with van der Waals surface area (Å²) in [5.41, 5.74) is 6.39. The van der Waals surface area contributed by atoms with E-state index in [1.807, 2.05) is 60.8 Å². The van der Waals surface area contributed by atoms with Gasteiger partial charge in [0.1, 0.15) is 0 Å². The van der Waals surface area contributed by atoms with Gasteiger partial charge in [-0.05, 0) is 38.0 Å². The van der Waals surface area contributed by atoms with Crippen molar-refractivity contribution in [3.63, 3.8) is 0 Å². The van der Waals surface area contributed by atoms with Gasteiger partial charge in [0.2, 0.25) is 12.7 Å². The van der Waals surface area contributed by atoms with Crippen LogP contribution in [0, 0.1) is 13.8 Å². The molecule has 31 heavy (non-hydrogen) atoms. The van der Waals surface area contributed by atoms with Gasteiger partial charge in [-0.25, -0.2) is 9.50 Å². The molecule has 0 bridgehead atoms. The van der Waals surface area contributed by atoms with Crippen LogP contribution >= 0.6 is 0 Å². The molecule has 2 aromatic carbocycles. The van der Waals surface area contributed by atoms with Crippen LogP contribution in [0.25, 0.3) is 16.9 Å². The van der Waals surface area contributed by atoms with Gasteiger partial charge in [0, 0.05) is 41.2 Å². The number of fused-ring (bicyclic) bond motifs is 2. The van der Waals surface area contributed by atoms with Crippen LogP contribution in [-0.2, 0) is 11.2 Å². The van der Waals surface area contributed by atoms with Crippen molar-refractivity contribution in [1.29, 1.82) is 0 Å². The summed E-state index contributed by atoms with van der Waals surface area (Å²) in [5, 5.41) is 7.67. The minimum atomic E-state index is -0.0665. The lowest BCUT2D eigenvalue weighted by atomic mass is 10.1. The molecule has 1 N–H and O–H groups in total. The first kappa shape index (κ1) is 19.1. The van der Waals surface area contributed by atoms with Crippen molar-refractivity contribution >= 4 is 17.2 Å². The molecule has 0 fully saturated rings. The number of rotatable bonds is 5. The van der Waals surface area contributed by atoms with Gasteiger partial charge in [0.05, 0.1) is 5.69 Å². The largest absolute Gasteiger partial charge is 0.454 e. The van der Waals surface area contributed by atoms with E-state index >= 15 is 0 Å². The first-order valence-electron chi connectivity index (χ1n) is 10.2. The molecular weight excluding hydrogens is 392 g/mol. The molecule has 1 aliphatic heterocycles. The number of hydrogen-bond donors (Lipinski definition) is 1. The maximum absolute atomic E-state index is 12.5. The van der Waals surface area contributed by atoms with Crippen LogP contribution in [-0.4, -0.2) is 27.3 Å². The second-order valence-electron chi connectivity index (χ2n) is 7.54. The normalized spacial score (nSPS) is 12.3. The Balaban J connectivity index is 1.33. The lowest BCUT2D eigenvalue weighted by Crippen LogP contribution is -2.14. The van der Waals surface area contributed by atoms with Crippen molar-refractivity contribution in [2.75, 3.05) is 12.1 Å². The number of anilines is 1. The smallest absolute Gasteiger partial charge is 0.231 e. The molecule has 3 heterocycles. The van der Waals surface area contributed by atoms with Crippen molar-refractivity contribution in [1.82, 2.24) is 14.6 Å². The van der Waals surface area contributed by atoms with Gasteiger partial charge in [0.25, 0.3) is 0 Å². The molecule has 0 saturated carbocycles. The summed E-state index contributed by atoms with van der Waals surface area (Å²) in [6.07, 6.45) is 0.924. The van der Waals surface area contributed by atoms with Crippen molar-refractivity contribution in [2.45, 2.75) is 26.7 Å². The SMILES string of the molecule is Cc1nc2cc(-c3ccccc3)nn2c(C)c1CCC(=O)Nc1ccc2c(c1)OCO2. The van der Waals surface area contributed by atoms with E-state index in [1.54, 1.807) is 12.1 Å². The number of carbonyl (C=O) groups is 1. The lowest BCUT2D eigenvalue weighted by molar-refractivity contribution is -0.116. The van der Waals surface area contributed by atoms with Gasteiger partial charge in [0.15, 0.2) is 17.1 Å². The molecule has 1 aliphatic rings. The van der Waals surface area contributed by atoms with E-state index in [-0.39, 0.29) is 12.7 Å². The van der Waals surface area contributed by atoms with E-state index in [1.165, 1.54) is 0 Å². The van der Waals surface area contributed by atoms with Crippen molar-refractivity contribution < 1.29 is 14.3 Å². The number of aryl methyl sites for hydroxylation is 2. The Hall–Kier alpha value is -3.87. The second kappa shape index (κ2) is 7.75. The standard InChI is InChI=1S/C24H22N4O3/c1-15-19(9-11-24(29)26-18-8-10-21-22(12-18)31-14-30-21)16(2)28-23(25-15)13-20(27-28)17-6-4-3-5-7-17/h3-8,10,12-13H,9,11,14H2,1-2H3,(H,26,29). The van der Waals surface area contributed by atoms with Crippen molar-refractivity contribution in [3.8, 4) is 22.8 Å². The fourth-order valence-corrected chi connectivity index (χ4v) is 3.87. The van der Waals surface area contributed by atoms with Gasteiger partial charge < -0.3 is 14.8 Å². The van der Waals surface area contributed by atoms with E-state index in [0.29, 0.717) is 30.0 Å². The molecule has 2 aromatic heterocycles. The average molecular weight is 414 g/mol. The number of nitrogens with one attached hydrogen (secondary N) is 1. The third-order valence-electron chi connectivity index (χ3n) is 5.49. The maximum atomic E-state index is 12.5. The van der Waals surface area contributed by atoms with Crippen LogP contribution in [0.4, 0.5) is 5.69 Å². The molecule has 5 rings (SSSR count). The monoisotopic (exact) mass is 414 g/mol. The molecule has 1 amide bonds. The molecule has 7 heteroatoms. The summed E-state index contributed by atoms with van der Waals surface area (Å²) in [5.74, 6) is 1.27. The second-order valence-corrected chi connectivity index (χ2v) is 7.54. The molecule has 0 atom stereocenters. The number of hydrogen-bond acceptors (Lipinski definition) is 5. The van der Waals surface area contributed by atoms with E-state index in [0.717, 1.165) is 33.9 Å². The van der Waals surface area contributed by atoms with Crippen LogP contribution in [0.1, 0.15) is 23.4 Å². The van der Waals surface area contributed by atoms with Crippen LogP contribution < -0.4 is 14.8 Å². The lowest BCUT2D eigenvalue weighted by Gasteiger charge is -2.11. The molecule has 0 radical (unpaired) electrons. The Labute approximate surface area is 179 Å². The Morgan fingerprint density at radius 2 is 1.87 bits per heavy atom. The first-order chi connectivity index (χ1) is 15.1. The maximum Gasteiger partial charge on any atom is 0.231 e. The number of carbonyl (C=O) groups excluding carboxylic acids is 1. The number of amides is 1. The third-order valence-corrected chi connectivity index (χ3v) is 5.49. The zero-order valence-electron chi connectivity index (χ0n) is 17.4. The highest BCUT2D eigenvalue weighted by Gasteiger charge is 2.16. The summed E-state index contributed by atoms with van der Waals surface area (Å²) < 4.78 is 12.5. The number of ether oxygens (including phenoxy) is 2. The van der Waals surface area contributed by atoms with Crippen LogP contribution in [0.15, 0.2) is 54.6 Å². The summed E-state index contributed by atoms with van der Waals surface area (Å²) in [4.78, 5) is 17.3. The molecule has 156 valence electrons. The molecule has 4 aromatic rings. The molecule has 0 saturated heterocycles. The predicted molar refractivity (Wildman–Crippen MR) is 117 cm³/mol. The average Bonchev–Trinajstić information content (AvgIpc) is 3.41. The van der Waals surface area contributed by atoms with Gasteiger partial charge in [-0.1, -0.05) is 30.3 Å². The Kier molecular flexibility index (Phi) is 4.78. The van der Waals surface area contributed by atoms with Gasteiger partial charge in [-0.15, -0.1) is 0 Å². The van der Waals surface area contributed by atoms with E-state index in [9.17, 15) is 4.79 Å². The van der Waals surface area contributed by atoms with E-state index in [2.05, 4.69) is 5.32 Å². The molecule has 0 unspecified atom stereocenters. The van der Waals surface area contributed by atoms with Crippen molar-refractivity contribution in [2.24, 2.45) is 0 Å². The summed E-state index contributed by atoms with van der Waals surface area (Å²) in [6, 6.07) is 17.4. The highest BCUT2D eigenvalue weighted by atomic mass is 16.7. The summed E-state index contributed by atoms with van der Waals surface area (Å²) in [6.45, 7) is 4.21. The predicted octanol–water partition coefficient (Wildman–Crippen LogP) is 4.31. The zero-order chi connectivity index (χ0) is 21.4. The van der Waals surface area contributed by atoms with Crippen LogP contribution in [0.2, 0.25) is 0 Å². The minimum Gasteiger partial charge on any atom is -0.454 e. The Morgan fingerprint density at radius 1 is 1.06 bits per heavy atom. The Bertz CT molecular complexity index is 1280. The number of nitrogens with zero attached hydrogens (tertiary/aromatic N) is 3. The van der Waals surface area contributed by atoms with Gasteiger partial charge >= 0.3 is 0 Å². The fraction of sp³-hybridized carbons (Fsp3) is 0.208. The third kappa shape index (κ3) is 3.70. The quantitative estimate of drug-likeness (QED) is 0.526. The van der Waals surface area contributed by atoms with E-state index < -0.39 is 0 Å². The highest BCUT2D eigenvalue weighted by molar-refractivity contribution is 5.91. The minimum absolute atomic E-state index is 0.0665. The number of benzene rings is 2. The molecule has 0 spiro atoms. The number of aromatic nitrogens is 3. The summed E-state index contributed by atoms with van der Waals surface area (Å²) in [7, 11) is 0. The van der Waals surface area contributed by atoms with Crippen LogP contribution in [0.3, 0.4) is 0 Å². The molecule has 7 nitrogen and oxygen atoms in total. The van der Waals surface area contributed by atoms with E-state index in [4.69, 9.17) is 19.6 Å². The topological polar surface area (TPSA) is 77.8 Å². The Morgan fingerprint density at radius 3 is 2.71 bits per heavy atom. The van der Waals surface area contributed by atoms with Crippen molar-refractivity contribution in [3.05, 3.63) is 71.5 Å². The first-order valence-corrected chi connectivity index (χ1v) is 10.2. The van der Waals surface area contributed by atoms with Gasteiger partial charge in [-0.3, -0.25) is 4.79 Å².